The Hall–Kier alpha value is -2.43. The van der Waals surface area contributed by atoms with Crippen molar-refractivity contribution in [1.82, 2.24) is 9.97 Å². The second-order valence-corrected chi connectivity index (χ2v) is 3.70. The number of aromatic carboxylic acids is 1. The smallest absolute Gasteiger partial charge is 0.354 e. The summed E-state index contributed by atoms with van der Waals surface area (Å²) >= 11 is 0. The van der Waals surface area contributed by atoms with E-state index in [0.29, 0.717) is 0 Å². The number of benzene rings is 1. The molecule has 0 spiro atoms. The van der Waals surface area contributed by atoms with Crippen LogP contribution in [0, 0.1) is 0 Å². The summed E-state index contributed by atoms with van der Waals surface area (Å²) in [4.78, 5) is 18.5. The van der Waals surface area contributed by atoms with E-state index >= 15 is 0 Å². The number of carbonyl (C=O) groups is 1. The van der Waals surface area contributed by atoms with E-state index < -0.39 is 5.97 Å². The molecule has 2 aromatic rings. The van der Waals surface area contributed by atoms with Gasteiger partial charge in [0.25, 0.3) is 0 Å². The maximum Gasteiger partial charge on any atom is 0.354 e. The molecular weight excluding hydrogens is 232 g/mol. The fourth-order valence-corrected chi connectivity index (χ4v) is 1.47. The number of carboxylic acid groups (broad SMARTS) is 1. The number of ether oxygens (including phenoxy) is 1. The topological polar surface area (TPSA) is 72.3 Å². The summed E-state index contributed by atoms with van der Waals surface area (Å²) in [6.45, 7) is 1.85. The molecule has 1 heterocycles. The zero-order valence-corrected chi connectivity index (χ0v) is 9.78. The molecule has 1 atom stereocenters. The van der Waals surface area contributed by atoms with Crippen molar-refractivity contribution >= 4 is 5.97 Å². The Balaban J connectivity index is 2.14. The molecule has 0 amide bonds. The van der Waals surface area contributed by atoms with E-state index in [-0.39, 0.29) is 17.8 Å². The molecular formula is C13H12N2O3. The summed E-state index contributed by atoms with van der Waals surface area (Å²) in [6, 6.07) is 11.0. The molecule has 1 N–H and O–H groups in total. The van der Waals surface area contributed by atoms with Crippen molar-refractivity contribution in [1.29, 1.82) is 0 Å². The molecule has 0 aliphatic carbocycles. The zero-order chi connectivity index (χ0) is 13.0. The first-order chi connectivity index (χ1) is 8.66. The molecule has 0 saturated heterocycles. The lowest BCUT2D eigenvalue weighted by Gasteiger charge is -2.13. The summed E-state index contributed by atoms with van der Waals surface area (Å²) in [7, 11) is 0. The Morgan fingerprint density at radius 1 is 1.28 bits per heavy atom. The van der Waals surface area contributed by atoms with Gasteiger partial charge in [0.15, 0.2) is 5.69 Å². The summed E-state index contributed by atoms with van der Waals surface area (Å²) in [5.41, 5.74) is 0.891. The lowest BCUT2D eigenvalue weighted by atomic mass is 10.1. The van der Waals surface area contributed by atoms with Crippen molar-refractivity contribution in [2.75, 3.05) is 0 Å². The van der Waals surface area contributed by atoms with E-state index in [9.17, 15) is 4.79 Å². The molecule has 5 nitrogen and oxygen atoms in total. The molecule has 1 aromatic carbocycles. The summed E-state index contributed by atoms with van der Waals surface area (Å²) in [5.74, 6) is -1.10. The molecule has 0 bridgehead atoms. The van der Waals surface area contributed by atoms with E-state index in [4.69, 9.17) is 9.84 Å². The minimum Gasteiger partial charge on any atom is -0.477 e. The maximum atomic E-state index is 10.8. The van der Waals surface area contributed by atoms with Gasteiger partial charge in [-0.1, -0.05) is 30.3 Å². The Morgan fingerprint density at radius 3 is 2.67 bits per heavy atom. The molecule has 0 radical (unpaired) electrons. The summed E-state index contributed by atoms with van der Waals surface area (Å²) in [5, 5.41) is 8.81. The number of hydrogen-bond donors (Lipinski definition) is 1. The Kier molecular flexibility index (Phi) is 3.52. The van der Waals surface area contributed by atoms with Crippen molar-refractivity contribution in [3.05, 3.63) is 53.9 Å². The number of rotatable bonds is 4. The van der Waals surface area contributed by atoms with Crippen LogP contribution in [0.25, 0.3) is 0 Å². The maximum absolute atomic E-state index is 10.8. The van der Waals surface area contributed by atoms with Gasteiger partial charge in [0.1, 0.15) is 6.10 Å². The average molecular weight is 244 g/mol. The molecule has 1 aromatic heterocycles. The fourth-order valence-electron chi connectivity index (χ4n) is 1.47. The van der Waals surface area contributed by atoms with E-state index in [2.05, 4.69) is 9.97 Å². The third-order valence-corrected chi connectivity index (χ3v) is 2.40. The predicted octanol–water partition coefficient (Wildman–Crippen LogP) is 2.31. The first-order valence-electron chi connectivity index (χ1n) is 5.45. The Morgan fingerprint density at radius 2 is 2.00 bits per heavy atom. The second kappa shape index (κ2) is 5.27. The summed E-state index contributed by atoms with van der Waals surface area (Å²) < 4.78 is 5.51. The Bertz CT molecular complexity index is 543. The predicted molar refractivity (Wildman–Crippen MR) is 64.5 cm³/mol. The van der Waals surface area contributed by atoms with Gasteiger partial charge >= 0.3 is 12.0 Å². The van der Waals surface area contributed by atoms with Crippen LogP contribution in [-0.4, -0.2) is 21.0 Å². The second-order valence-electron chi connectivity index (χ2n) is 3.70. The molecule has 92 valence electrons. The van der Waals surface area contributed by atoms with Crippen molar-refractivity contribution in [2.24, 2.45) is 0 Å². The van der Waals surface area contributed by atoms with Crippen LogP contribution < -0.4 is 4.74 Å². The minimum absolute atomic E-state index is 0.0613. The van der Waals surface area contributed by atoms with Gasteiger partial charge in [0.05, 0.1) is 0 Å². The van der Waals surface area contributed by atoms with Crippen LogP contribution in [0.3, 0.4) is 0 Å². The molecule has 0 fully saturated rings. The van der Waals surface area contributed by atoms with Crippen LogP contribution in [0.15, 0.2) is 42.6 Å². The highest BCUT2D eigenvalue weighted by atomic mass is 16.5. The molecule has 0 aliphatic heterocycles. The number of aromatic nitrogens is 2. The fraction of sp³-hybridized carbons (Fsp3) is 0.154. The molecule has 2 rings (SSSR count). The quantitative estimate of drug-likeness (QED) is 0.893. The number of carboxylic acids is 1. The highest BCUT2D eigenvalue weighted by molar-refractivity contribution is 5.85. The third-order valence-electron chi connectivity index (χ3n) is 2.40. The van der Waals surface area contributed by atoms with Crippen LogP contribution >= 0.6 is 0 Å². The summed E-state index contributed by atoms with van der Waals surface area (Å²) in [6.07, 6.45) is 1.12. The highest BCUT2D eigenvalue weighted by Crippen LogP contribution is 2.18. The molecule has 1 unspecified atom stereocenters. The van der Waals surface area contributed by atoms with Crippen LogP contribution in [0.1, 0.15) is 29.1 Å². The normalized spacial score (nSPS) is 11.8. The van der Waals surface area contributed by atoms with Gasteiger partial charge in [0, 0.05) is 6.20 Å². The van der Waals surface area contributed by atoms with Crippen molar-refractivity contribution in [3.63, 3.8) is 0 Å². The monoisotopic (exact) mass is 244 g/mol. The van der Waals surface area contributed by atoms with E-state index in [1.165, 1.54) is 12.3 Å². The average Bonchev–Trinajstić information content (AvgIpc) is 2.40. The lowest BCUT2D eigenvalue weighted by Crippen LogP contribution is -2.08. The number of hydrogen-bond acceptors (Lipinski definition) is 4. The number of nitrogens with zero attached hydrogens (tertiary/aromatic N) is 2. The minimum atomic E-state index is -1.10. The van der Waals surface area contributed by atoms with E-state index in [0.717, 1.165) is 5.56 Å². The van der Waals surface area contributed by atoms with Crippen molar-refractivity contribution in [3.8, 4) is 6.01 Å². The van der Waals surface area contributed by atoms with Gasteiger partial charge < -0.3 is 9.84 Å². The molecule has 0 saturated carbocycles. The highest BCUT2D eigenvalue weighted by Gasteiger charge is 2.11. The van der Waals surface area contributed by atoms with Crippen molar-refractivity contribution < 1.29 is 14.6 Å². The van der Waals surface area contributed by atoms with Gasteiger partial charge in [-0.05, 0) is 18.6 Å². The Labute approximate surface area is 104 Å². The van der Waals surface area contributed by atoms with Crippen LogP contribution in [0.2, 0.25) is 0 Å². The van der Waals surface area contributed by atoms with Gasteiger partial charge in [-0.2, -0.15) is 4.98 Å². The van der Waals surface area contributed by atoms with Gasteiger partial charge in [0.2, 0.25) is 0 Å². The third kappa shape index (κ3) is 2.82. The van der Waals surface area contributed by atoms with Crippen LogP contribution in [-0.2, 0) is 0 Å². The zero-order valence-electron chi connectivity index (χ0n) is 9.78. The van der Waals surface area contributed by atoms with Crippen LogP contribution in [0.5, 0.6) is 6.01 Å². The van der Waals surface area contributed by atoms with Gasteiger partial charge in [-0.3, -0.25) is 0 Å². The van der Waals surface area contributed by atoms with Gasteiger partial charge in [-0.25, -0.2) is 9.78 Å². The SMILES string of the molecule is CC(Oc1nccc(C(=O)O)n1)c1ccccc1. The first kappa shape index (κ1) is 12.0. The molecule has 0 aliphatic rings. The van der Waals surface area contributed by atoms with E-state index in [1.807, 2.05) is 37.3 Å². The first-order valence-corrected chi connectivity index (χ1v) is 5.45. The van der Waals surface area contributed by atoms with Crippen molar-refractivity contribution in [2.45, 2.75) is 13.0 Å². The largest absolute Gasteiger partial charge is 0.477 e. The van der Waals surface area contributed by atoms with E-state index in [1.54, 1.807) is 0 Å². The van der Waals surface area contributed by atoms with Crippen LogP contribution in [0.4, 0.5) is 0 Å². The molecule has 5 heteroatoms. The molecule has 18 heavy (non-hydrogen) atoms. The standard InChI is InChI=1S/C13H12N2O3/c1-9(10-5-3-2-4-6-10)18-13-14-8-7-11(15-13)12(16)17/h2-9H,1H3,(H,16,17). The van der Waals surface area contributed by atoms with Gasteiger partial charge in [-0.15, -0.1) is 0 Å². The lowest BCUT2D eigenvalue weighted by molar-refractivity contribution is 0.0687.